The first-order valence-corrected chi connectivity index (χ1v) is 6.96. The summed E-state index contributed by atoms with van der Waals surface area (Å²) in [5, 5.41) is 30.5. The average molecular weight is 300 g/mol. The van der Waals surface area contributed by atoms with E-state index in [2.05, 4.69) is 0 Å². The van der Waals surface area contributed by atoms with Gasteiger partial charge in [-0.15, -0.1) is 0 Å². The normalized spacial score (nSPS) is 59.1. The van der Waals surface area contributed by atoms with E-state index in [4.69, 9.17) is 9.47 Å². The highest BCUT2D eigenvalue weighted by Gasteiger charge is 2.86. The van der Waals surface area contributed by atoms with Crippen LogP contribution in [0, 0.1) is 0 Å². The van der Waals surface area contributed by atoms with Crippen LogP contribution in [0.25, 0.3) is 0 Å². The van der Waals surface area contributed by atoms with Crippen LogP contribution < -0.4 is 0 Å². The number of aliphatic hydroxyl groups excluding tert-OH is 1. The van der Waals surface area contributed by atoms with Gasteiger partial charge in [0.05, 0.1) is 0 Å². The van der Waals surface area contributed by atoms with Crippen molar-refractivity contribution in [2.24, 2.45) is 0 Å². The number of aliphatic carboxylic acids is 1. The van der Waals surface area contributed by atoms with Crippen molar-refractivity contribution in [2.45, 2.75) is 74.6 Å². The zero-order chi connectivity index (χ0) is 16.1. The lowest BCUT2D eigenvalue weighted by Gasteiger charge is -2.49. The van der Waals surface area contributed by atoms with Crippen molar-refractivity contribution in [1.29, 1.82) is 0 Å². The number of Topliss-reactive ketones (excluding diaryl/α,β-unsaturated/α-hetero) is 1. The molecule has 7 nitrogen and oxygen atoms in total. The predicted octanol–water partition coefficient (Wildman–Crippen LogP) is -0.379. The third kappa shape index (κ3) is 1.34. The van der Waals surface area contributed by atoms with Gasteiger partial charge in [0.1, 0.15) is 17.3 Å². The minimum absolute atomic E-state index is 0.0216. The highest BCUT2D eigenvalue weighted by molar-refractivity contribution is 6.02. The molecule has 0 amide bonds. The van der Waals surface area contributed by atoms with Crippen molar-refractivity contribution < 1.29 is 34.4 Å². The lowest BCUT2D eigenvalue weighted by Crippen LogP contribution is -2.74. The van der Waals surface area contributed by atoms with E-state index in [0.29, 0.717) is 0 Å². The molecule has 118 valence electrons. The van der Waals surface area contributed by atoms with Crippen LogP contribution in [-0.2, 0) is 19.1 Å². The van der Waals surface area contributed by atoms with Crippen molar-refractivity contribution in [1.82, 2.24) is 0 Å². The van der Waals surface area contributed by atoms with E-state index < -0.39 is 45.9 Å². The van der Waals surface area contributed by atoms with Gasteiger partial charge in [0.2, 0.25) is 5.78 Å². The summed E-state index contributed by atoms with van der Waals surface area (Å²) >= 11 is 0. The molecule has 21 heavy (non-hydrogen) atoms. The lowest BCUT2D eigenvalue weighted by atomic mass is 9.61. The Morgan fingerprint density at radius 3 is 2.24 bits per heavy atom. The third-order valence-corrected chi connectivity index (χ3v) is 5.80. The Morgan fingerprint density at radius 2 is 1.76 bits per heavy atom. The van der Waals surface area contributed by atoms with Crippen LogP contribution in [0.4, 0.5) is 0 Å². The van der Waals surface area contributed by atoms with Gasteiger partial charge in [-0.2, -0.15) is 0 Å². The minimum atomic E-state index is -1.93. The van der Waals surface area contributed by atoms with E-state index in [1.165, 1.54) is 20.8 Å². The number of carbonyl (C=O) groups is 2. The molecule has 7 heteroatoms. The van der Waals surface area contributed by atoms with Crippen LogP contribution >= 0.6 is 0 Å². The summed E-state index contributed by atoms with van der Waals surface area (Å²) in [4.78, 5) is 24.2. The highest BCUT2D eigenvalue weighted by Crippen LogP contribution is 2.64. The van der Waals surface area contributed by atoms with E-state index in [1.807, 2.05) is 0 Å². The summed E-state index contributed by atoms with van der Waals surface area (Å²) in [6, 6.07) is 0. The van der Waals surface area contributed by atoms with E-state index in [9.17, 15) is 24.9 Å². The van der Waals surface area contributed by atoms with E-state index in [0.717, 1.165) is 0 Å². The average Bonchev–Trinajstić information content (AvgIpc) is 2.79. The summed E-state index contributed by atoms with van der Waals surface area (Å²) in [6.45, 7) is 5.76. The van der Waals surface area contributed by atoms with Crippen LogP contribution in [0.1, 0.15) is 40.5 Å². The number of carbonyl (C=O) groups excluding carboxylic acids is 1. The van der Waals surface area contributed by atoms with E-state index in [1.54, 1.807) is 6.92 Å². The lowest BCUT2D eigenvalue weighted by molar-refractivity contribution is -0.239. The number of carboxylic acids is 1. The van der Waals surface area contributed by atoms with Gasteiger partial charge in [0.15, 0.2) is 16.8 Å². The second-order valence-electron chi connectivity index (χ2n) is 7.09. The SMILES string of the molecule is CC1(C(=O)O)CCC2(O1)C(=O)C1(C)OC1(C)C(O)C2(C)O. The van der Waals surface area contributed by atoms with Gasteiger partial charge in [0.25, 0.3) is 0 Å². The monoisotopic (exact) mass is 300 g/mol. The number of carboxylic acid groups (broad SMARTS) is 1. The van der Waals surface area contributed by atoms with Crippen molar-refractivity contribution in [3.8, 4) is 0 Å². The smallest absolute Gasteiger partial charge is 0.335 e. The molecule has 0 bridgehead atoms. The van der Waals surface area contributed by atoms with Crippen LogP contribution in [0.3, 0.4) is 0 Å². The number of fused-ring (bicyclic) bond motifs is 1. The minimum Gasteiger partial charge on any atom is -0.479 e. The first-order chi connectivity index (χ1) is 9.37. The van der Waals surface area contributed by atoms with Crippen molar-refractivity contribution in [2.75, 3.05) is 0 Å². The number of ether oxygens (including phenoxy) is 2. The van der Waals surface area contributed by atoms with Crippen molar-refractivity contribution in [3.63, 3.8) is 0 Å². The maximum atomic E-state index is 12.9. The Labute approximate surface area is 121 Å². The third-order valence-electron chi connectivity index (χ3n) is 5.80. The Morgan fingerprint density at radius 1 is 1.19 bits per heavy atom. The fraction of sp³-hybridized carbons (Fsp3) is 0.857. The summed E-state index contributed by atoms with van der Waals surface area (Å²) in [6.07, 6.45) is -1.26. The molecular weight excluding hydrogens is 280 g/mol. The number of hydrogen-bond acceptors (Lipinski definition) is 6. The second kappa shape index (κ2) is 3.48. The quantitative estimate of drug-likeness (QED) is 0.565. The Kier molecular flexibility index (Phi) is 2.47. The topological polar surface area (TPSA) is 117 Å². The first kappa shape index (κ1) is 14.9. The van der Waals surface area contributed by atoms with Crippen LogP contribution in [0.5, 0.6) is 0 Å². The molecule has 1 saturated carbocycles. The Balaban J connectivity index is 2.10. The van der Waals surface area contributed by atoms with Gasteiger partial charge in [-0.25, -0.2) is 4.79 Å². The summed E-state index contributed by atoms with van der Waals surface area (Å²) in [7, 11) is 0. The summed E-state index contributed by atoms with van der Waals surface area (Å²) < 4.78 is 11.0. The molecule has 0 aromatic carbocycles. The fourth-order valence-electron chi connectivity index (χ4n) is 3.93. The molecule has 0 aromatic rings. The molecule has 2 saturated heterocycles. The molecule has 0 radical (unpaired) electrons. The van der Waals surface area contributed by atoms with E-state index in [-0.39, 0.29) is 12.8 Å². The van der Waals surface area contributed by atoms with Crippen LogP contribution in [0.15, 0.2) is 0 Å². The number of hydrogen-bond donors (Lipinski definition) is 3. The van der Waals surface area contributed by atoms with Gasteiger partial charge in [-0.1, -0.05) is 0 Å². The molecule has 1 aliphatic carbocycles. The number of rotatable bonds is 1. The molecule has 6 unspecified atom stereocenters. The van der Waals surface area contributed by atoms with Gasteiger partial charge in [0, 0.05) is 0 Å². The molecular formula is C14H20O7. The van der Waals surface area contributed by atoms with Gasteiger partial charge >= 0.3 is 5.97 Å². The maximum Gasteiger partial charge on any atom is 0.335 e. The molecule has 3 N–H and O–H groups in total. The highest BCUT2D eigenvalue weighted by atomic mass is 16.7. The zero-order valence-corrected chi connectivity index (χ0v) is 12.5. The van der Waals surface area contributed by atoms with Gasteiger partial charge < -0.3 is 24.8 Å². The number of ketones is 1. The molecule has 6 atom stereocenters. The zero-order valence-electron chi connectivity index (χ0n) is 12.5. The summed E-state index contributed by atoms with van der Waals surface area (Å²) in [5.74, 6) is -1.70. The molecule has 3 rings (SSSR count). The van der Waals surface area contributed by atoms with Crippen LogP contribution in [-0.4, -0.2) is 61.2 Å². The molecule has 2 aliphatic heterocycles. The Bertz CT molecular complexity index is 558. The fourth-order valence-corrected chi connectivity index (χ4v) is 3.93. The van der Waals surface area contributed by atoms with Gasteiger partial charge in [-0.3, -0.25) is 4.79 Å². The van der Waals surface area contributed by atoms with Crippen molar-refractivity contribution >= 4 is 11.8 Å². The standard InChI is InChI=1S/C14H20O7/c1-10(9(17)18)5-6-14(20-10)8(16)13(4)12(3,21-13)7(15)11(14,2)19/h7,15,19H,5-6H2,1-4H3,(H,17,18). The molecule has 0 aromatic heterocycles. The maximum absolute atomic E-state index is 12.9. The summed E-state index contributed by atoms with van der Waals surface area (Å²) in [5.41, 5.74) is -7.71. The number of aliphatic hydroxyl groups is 2. The predicted molar refractivity (Wildman–Crippen MR) is 68.6 cm³/mol. The van der Waals surface area contributed by atoms with Crippen LogP contribution in [0.2, 0.25) is 0 Å². The van der Waals surface area contributed by atoms with Crippen molar-refractivity contribution in [3.05, 3.63) is 0 Å². The molecule has 1 spiro atoms. The molecule has 3 fully saturated rings. The number of epoxide rings is 1. The first-order valence-electron chi connectivity index (χ1n) is 6.96. The molecule has 3 aliphatic rings. The second-order valence-corrected chi connectivity index (χ2v) is 7.09. The Hall–Kier alpha value is -1.02. The largest absolute Gasteiger partial charge is 0.479 e. The van der Waals surface area contributed by atoms with E-state index >= 15 is 0 Å². The molecule has 2 heterocycles. The van der Waals surface area contributed by atoms with Gasteiger partial charge in [-0.05, 0) is 40.5 Å².